The predicted octanol–water partition coefficient (Wildman–Crippen LogP) is 3.05. The van der Waals surface area contributed by atoms with Gasteiger partial charge in [-0.25, -0.2) is 4.68 Å². The standard InChI is InChI=1S/C24H24N6O3S/c31-23-10-8-19(21-6-3-15-34-21)28-30(23)13-11-25-24(32)17-4-1-12-29(16-17)22-9-7-18(26-27-22)20-5-2-14-33-20/h2-3,5-10,14-15,17H,1,4,11-13,16H2,(H,25,32)/t17-/m0/s1. The van der Waals surface area contributed by atoms with Gasteiger partial charge < -0.3 is 14.6 Å². The molecule has 174 valence electrons. The van der Waals surface area contributed by atoms with Crippen LogP contribution in [-0.2, 0) is 11.3 Å². The van der Waals surface area contributed by atoms with Crippen molar-refractivity contribution in [3.63, 3.8) is 0 Å². The van der Waals surface area contributed by atoms with Gasteiger partial charge in [-0.15, -0.1) is 21.5 Å². The third kappa shape index (κ3) is 4.91. The molecule has 0 bridgehead atoms. The fraction of sp³-hybridized carbons (Fsp3) is 0.292. The molecule has 0 aliphatic carbocycles. The lowest BCUT2D eigenvalue weighted by atomic mass is 9.97. The van der Waals surface area contributed by atoms with Crippen molar-refractivity contribution >= 4 is 23.1 Å². The van der Waals surface area contributed by atoms with Crippen LogP contribution in [0.3, 0.4) is 0 Å². The first kappa shape index (κ1) is 22.0. The molecule has 0 radical (unpaired) electrons. The van der Waals surface area contributed by atoms with Crippen LogP contribution < -0.4 is 15.8 Å². The number of anilines is 1. The highest BCUT2D eigenvalue weighted by Gasteiger charge is 2.26. The molecule has 10 heteroatoms. The zero-order valence-electron chi connectivity index (χ0n) is 18.5. The van der Waals surface area contributed by atoms with E-state index in [1.807, 2.05) is 41.8 Å². The van der Waals surface area contributed by atoms with E-state index in [-0.39, 0.29) is 17.4 Å². The van der Waals surface area contributed by atoms with Gasteiger partial charge in [0.1, 0.15) is 11.4 Å². The molecule has 0 saturated carbocycles. The fourth-order valence-corrected chi connectivity index (χ4v) is 4.73. The van der Waals surface area contributed by atoms with Gasteiger partial charge in [0.05, 0.1) is 23.6 Å². The Labute approximate surface area is 200 Å². The largest absolute Gasteiger partial charge is 0.463 e. The van der Waals surface area contributed by atoms with E-state index in [1.165, 1.54) is 10.7 Å². The second kappa shape index (κ2) is 10.0. The maximum atomic E-state index is 12.8. The molecular weight excluding hydrogens is 452 g/mol. The van der Waals surface area contributed by atoms with E-state index in [9.17, 15) is 9.59 Å². The van der Waals surface area contributed by atoms with Crippen LogP contribution in [0.5, 0.6) is 0 Å². The zero-order chi connectivity index (χ0) is 23.3. The summed E-state index contributed by atoms with van der Waals surface area (Å²) < 4.78 is 6.76. The van der Waals surface area contributed by atoms with Crippen molar-refractivity contribution in [1.29, 1.82) is 0 Å². The van der Waals surface area contributed by atoms with E-state index in [0.29, 0.717) is 31.1 Å². The quantitative estimate of drug-likeness (QED) is 0.437. The molecule has 1 aliphatic heterocycles. The van der Waals surface area contributed by atoms with Gasteiger partial charge in [0.15, 0.2) is 11.6 Å². The molecule has 0 unspecified atom stereocenters. The van der Waals surface area contributed by atoms with Crippen LogP contribution in [0.2, 0.25) is 0 Å². The fourth-order valence-electron chi connectivity index (χ4n) is 4.04. The molecule has 1 atom stereocenters. The molecular formula is C24H24N6O3S. The predicted molar refractivity (Wildman–Crippen MR) is 129 cm³/mol. The van der Waals surface area contributed by atoms with Gasteiger partial charge >= 0.3 is 0 Å². The van der Waals surface area contributed by atoms with Gasteiger partial charge in [-0.05, 0) is 54.6 Å². The third-order valence-electron chi connectivity index (χ3n) is 5.80. The molecule has 5 heterocycles. The highest BCUT2D eigenvalue weighted by Crippen LogP contribution is 2.24. The normalized spacial score (nSPS) is 15.9. The minimum atomic E-state index is -0.185. The average Bonchev–Trinajstić information content (AvgIpc) is 3.60. The number of carbonyl (C=O) groups is 1. The number of amides is 1. The number of carbonyl (C=O) groups excluding carboxylic acids is 1. The Morgan fingerprint density at radius 1 is 1.12 bits per heavy atom. The topological polar surface area (TPSA) is 106 Å². The molecule has 34 heavy (non-hydrogen) atoms. The third-order valence-corrected chi connectivity index (χ3v) is 6.70. The zero-order valence-corrected chi connectivity index (χ0v) is 19.3. The summed E-state index contributed by atoms with van der Waals surface area (Å²) in [4.78, 5) is 28.1. The number of hydrogen-bond donors (Lipinski definition) is 1. The molecule has 1 fully saturated rings. The molecule has 4 aromatic heterocycles. The first-order valence-corrected chi connectivity index (χ1v) is 12.1. The highest BCUT2D eigenvalue weighted by atomic mass is 32.1. The van der Waals surface area contributed by atoms with Crippen LogP contribution in [0.15, 0.2) is 69.4 Å². The summed E-state index contributed by atoms with van der Waals surface area (Å²) >= 11 is 1.57. The van der Waals surface area contributed by atoms with Gasteiger partial charge in [0.25, 0.3) is 5.56 Å². The summed E-state index contributed by atoms with van der Waals surface area (Å²) in [5, 5.41) is 18.0. The van der Waals surface area contributed by atoms with Gasteiger partial charge in [-0.2, -0.15) is 5.10 Å². The Morgan fingerprint density at radius 2 is 2.03 bits per heavy atom. The lowest BCUT2D eigenvalue weighted by molar-refractivity contribution is -0.125. The molecule has 1 saturated heterocycles. The van der Waals surface area contributed by atoms with Crippen molar-refractivity contribution in [1.82, 2.24) is 25.3 Å². The molecule has 9 nitrogen and oxygen atoms in total. The minimum Gasteiger partial charge on any atom is -0.463 e. The number of nitrogens with one attached hydrogen (secondary N) is 1. The molecule has 0 aromatic carbocycles. The maximum Gasteiger partial charge on any atom is 0.266 e. The van der Waals surface area contributed by atoms with E-state index in [1.54, 1.807) is 23.7 Å². The van der Waals surface area contributed by atoms with Crippen molar-refractivity contribution in [2.45, 2.75) is 19.4 Å². The Morgan fingerprint density at radius 3 is 2.79 bits per heavy atom. The van der Waals surface area contributed by atoms with Crippen LogP contribution in [-0.4, -0.2) is 45.5 Å². The van der Waals surface area contributed by atoms with Crippen molar-refractivity contribution in [2.75, 3.05) is 24.5 Å². The number of hydrogen-bond acceptors (Lipinski definition) is 8. The number of aromatic nitrogens is 4. The SMILES string of the molecule is O=C(NCCn1nc(-c2cccs2)ccc1=O)[C@H]1CCCN(c2ccc(-c3ccco3)nn2)C1. The van der Waals surface area contributed by atoms with E-state index in [0.717, 1.165) is 35.8 Å². The Balaban J connectivity index is 1.16. The van der Waals surface area contributed by atoms with Crippen molar-refractivity contribution < 1.29 is 9.21 Å². The van der Waals surface area contributed by atoms with E-state index < -0.39 is 0 Å². The van der Waals surface area contributed by atoms with E-state index >= 15 is 0 Å². The summed E-state index contributed by atoms with van der Waals surface area (Å²) in [7, 11) is 0. The lowest BCUT2D eigenvalue weighted by Crippen LogP contribution is -2.44. The molecule has 1 aliphatic rings. The smallest absolute Gasteiger partial charge is 0.266 e. The average molecular weight is 477 g/mol. The molecule has 5 rings (SSSR count). The number of thiophene rings is 1. The van der Waals surface area contributed by atoms with E-state index in [4.69, 9.17) is 4.42 Å². The Kier molecular flexibility index (Phi) is 6.48. The van der Waals surface area contributed by atoms with Gasteiger partial charge in [-0.1, -0.05) is 6.07 Å². The van der Waals surface area contributed by atoms with Gasteiger partial charge in [0.2, 0.25) is 5.91 Å². The van der Waals surface area contributed by atoms with Crippen molar-refractivity contribution in [3.8, 4) is 22.0 Å². The molecule has 1 N–H and O–H groups in total. The van der Waals surface area contributed by atoms with Crippen LogP contribution >= 0.6 is 11.3 Å². The molecule has 1 amide bonds. The number of furan rings is 1. The lowest BCUT2D eigenvalue weighted by Gasteiger charge is -2.32. The highest BCUT2D eigenvalue weighted by molar-refractivity contribution is 7.13. The number of rotatable bonds is 7. The Hall–Kier alpha value is -3.79. The van der Waals surface area contributed by atoms with Crippen LogP contribution in [0.25, 0.3) is 22.0 Å². The minimum absolute atomic E-state index is 0.0210. The van der Waals surface area contributed by atoms with Crippen molar-refractivity contribution in [2.24, 2.45) is 5.92 Å². The monoisotopic (exact) mass is 476 g/mol. The number of piperidine rings is 1. The van der Waals surface area contributed by atoms with Gasteiger partial charge in [-0.3, -0.25) is 9.59 Å². The first-order chi connectivity index (χ1) is 16.7. The van der Waals surface area contributed by atoms with Crippen molar-refractivity contribution in [3.05, 3.63) is 70.5 Å². The number of nitrogens with zero attached hydrogens (tertiary/aromatic N) is 5. The molecule has 4 aromatic rings. The van der Waals surface area contributed by atoms with Crippen LogP contribution in [0, 0.1) is 5.92 Å². The van der Waals surface area contributed by atoms with E-state index in [2.05, 4.69) is 25.5 Å². The maximum absolute atomic E-state index is 12.8. The summed E-state index contributed by atoms with van der Waals surface area (Å²) in [6.07, 6.45) is 3.31. The summed E-state index contributed by atoms with van der Waals surface area (Å²) in [5.74, 6) is 1.24. The molecule has 0 spiro atoms. The van der Waals surface area contributed by atoms with Gasteiger partial charge in [0, 0.05) is 25.7 Å². The Bertz CT molecular complexity index is 1290. The second-order valence-electron chi connectivity index (χ2n) is 8.09. The summed E-state index contributed by atoms with van der Waals surface area (Å²) in [6.45, 7) is 2.06. The summed E-state index contributed by atoms with van der Waals surface area (Å²) in [5.41, 5.74) is 1.24. The second-order valence-corrected chi connectivity index (χ2v) is 9.04. The van der Waals surface area contributed by atoms with Crippen LogP contribution in [0.4, 0.5) is 5.82 Å². The van der Waals surface area contributed by atoms with Crippen LogP contribution in [0.1, 0.15) is 12.8 Å². The summed E-state index contributed by atoms with van der Waals surface area (Å²) in [6, 6.07) is 14.6. The first-order valence-electron chi connectivity index (χ1n) is 11.2.